The Labute approximate surface area is 88.9 Å². The number of rotatable bonds is 3. The average Bonchev–Trinajstić information content (AvgIpc) is 2.41. The van der Waals surface area contributed by atoms with Crippen LogP contribution in [0.25, 0.3) is 0 Å². The fraction of sp³-hybridized carbons (Fsp3) is 1.00. The fourth-order valence-corrected chi connectivity index (χ4v) is 2.68. The topological polar surface area (TPSA) is 20.2 Å². The summed E-state index contributed by atoms with van der Waals surface area (Å²) >= 11 is 0. The summed E-state index contributed by atoms with van der Waals surface area (Å²) in [5, 5.41) is 10.6. The normalized spacial score (nSPS) is 26.6. The van der Waals surface area contributed by atoms with Crippen molar-refractivity contribution in [1.29, 1.82) is 0 Å². The molecule has 1 aliphatic carbocycles. The fourth-order valence-electron chi connectivity index (χ4n) is 2.68. The van der Waals surface area contributed by atoms with E-state index in [1.54, 1.807) is 0 Å². The van der Waals surface area contributed by atoms with Crippen LogP contribution < -0.4 is 0 Å². The van der Waals surface area contributed by atoms with E-state index in [0.717, 1.165) is 12.8 Å². The molecule has 1 N–H and O–H groups in total. The summed E-state index contributed by atoms with van der Waals surface area (Å²) in [6.45, 7) is 6.73. The van der Waals surface area contributed by atoms with Crippen molar-refractivity contribution in [3.63, 3.8) is 0 Å². The minimum atomic E-state index is -0.355. The van der Waals surface area contributed by atoms with Crippen LogP contribution in [0.4, 0.5) is 0 Å². The highest BCUT2D eigenvalue weighted by Gasteiger charge is 2.36. The van der Waals surface area contributed by atoms with Crippen LogP contribution in [0.5, 0.6) is 0 Å². The third kappa shape index (κ3) is 2.73. The lowest BCUT2D eigenvalue weighted by molar-refractivity contribution is -0.0451. The minimum Gasteiger partial charge on any atom is -0.390 e. The largest absolute Gasteiger partial charge is 0.390 e. The molecule has 0 saturated heterocycles. The number of hydrogen-bond donors (Lipinski definition) is 1. The van der Waals surface area contributed by atoms with E-state index in [2.05, 4.69) is 20.8 Å². The Morgan fingerprint density at radius 1 is 1.07 bits per heavy atom. The zero-order valence-corrected chi connectivity index (χ0v) is 10.1. The molecule has 0 aliphatic heterocycles. The van der Waals surface area contributed by atoms with Gasteiger partial charge in [-0.05, 0) is 24.7 Å². The van der Waals surface area contributed by atoms with Crippen LogP contribution in [0.2, 0.25) is 0 Å². The zero-order valence-electron chi connectivity index (χ0n) is 10.1. The first-order chi connectivity index (χ1) is 6.60. The van der Waals surface area contributed by atoms with Gasteiger partial charge in [-0.25, -0.2) is 0 Å². The Morgan fingerprint density at radius 2 is 1.57 bits per heavy atom. The van der Waals surface area contributed by atoms with E-state index < -0.39 is 0 Å². The summed E-state index contributed by atoms with van der Waals surface area (Å²) in [4.78, 5) is 0. The van der Waals surface area contributed by atoms with Gasteiger partial charge >= 0.3 is 0 Å². The van der Waals surface area contributed by atoms with Crippen LogP contribution in [0.15, 0.2) is 0 Å². The summed E-state index contributed by atoms with van der Waals surface area (Å²) in [6, 6.07) is 0. The van der Waals surface area contributed by atoms with Gasteiger partial charge in [-0.3, -0.25) is 0 Å². The maximum Gasteiger partial charge on any atom is 0.0675 e. The van der Waals surface area contributed by atoms with E-state index in [1.807, 2.05) is 0 Å². The van der Waals surface area contributed by atoms with Gasteiger partial charge in [0.05, 0.1) is 5.60 Å². The second-order valence-electron chi connectivity index (χ2n) is 5.19. The molecule has 0 aromatic rings. The van der Waals surface area contributed by atoms with Gasteiger partial charge in [-0.15, -0.1) is 0 Å². The molecular weight excluding hydrogens is 172 g/mol. The summed E-state index contributed by atoms with van der Waals surface area (Å²) in [7, 11) is 0. The Bertz CT molecular complexity index is 157. The third-order valence-electron chi connectivity index (χ3n) is 4.31. The van der Waals surface area contributed by atoms with Gasteiger partial charge in [-0.2, -0.15) is 0 Å². The number of aliphatic hydroxyl groups is 1. The van der Waals surface area contributed by atoms with Crippen LogP contribution >= 0.6 is 0 Å². The second-order valence-corrected chi connectivity index (χ2v) is 5.19. The summed E-state index contributed by atoms with van der Waals surface area (Å²) in [6.07, 6.45) is 8.31. The molecule has 0 aromatic heterocycles. The van der Waals surface area contributed by atoms with Crippen molar-refractivity contribution in [3.8, 4) is 0 Å². The predicted molar refractivity (Wildman–Crippen MR) is 61.3 cm³/mol. The number of hydrogen-bond acceptors (Lipinski definition) is 1. The molecule has 1 aliphatic rings. The van der Waals surface area contributed by atoms with E-state index in [4.69, 9.17) is 0 Å². The molecule has 0 aromatic carbocycles. The van der Waals surface area contributed by atoms with Gasteiger partial charge in [-0.1, -0.05) is 52.9 Å². The smallest absolute Gasteiger partial charge is 0.0675 e. The van der Waals surface area contributed by atoms with Crippen molar-refractivity contribution < 1.29 is 5.11 Å². The van der Waals surface area contributed by atoms with Crippen LogP contribution in [-0.4, -0.2) is 10.7 Å². The van der Waals surface area contributed by atoms with Crippen molar-refractivity contribution >= 4 is 0 Å². The molecule has 1 rings (SSSR count). The van der Waals surface area contributed by atoms with Gasteiger partial charge in [0.2, 0.25) is 0 Å². The molecule has 1 heteroatoms. The Balaban J connectivity index is 2.60. The van der Waals surface area contributed by atoms with Crippen LogP contribution in [0.3, 0.4) is 0 Å². The Hall–Kier alpha value is -0.0400. The maximum atomic E-state index is 10.6. The van der Waals surface area contributed by atoms with E-state index in [1.165, 1.54) is 32.1 Å². The van der Waals surface area contributed by atoms with E-state index in [9.17, 15) is 5.11 Å². The molecule has 0 bridgehead atoms. The molecule has 1 fully saturated rings. The Kier molecular flexibility index (Phi) is 4.43. The molecule has 2 atom stereocenters. The first kappa shape index (κ1) is 12.0. The lowest BCUT2D eigenvalue weighted by Gasteiger charge is -2.36. The average molecular weight is 198 g/mol. The molecule has 1 nitrogen and oxygen atoms in total. The van der Waals surface area contributed by atoms with E-state index in [0.29, 0.717) is 11.8 Å². The van der Waals surface area contributed by atoms with Gasteiger partial charge in [0.1, 0.15) is 0 Å². The standard InChI is InChI=1S/C13H26O/c1-4-11(2)12(3)13(14)9-7-5-6-8-10-13/h11-12,14H,4-10H2,1-3H3. The first-order valence-electron chi connectivity index (χ1n) is 6.32. The monoisotopic (exact) mass is 198 g/mol. The Morgan fingerprint density at radius 3 is 2.00 bits per heavy atom. The third-order valence-corrected chi connectivity index (χ3v) is 4.31. The molecule has 84 valence electrons. The maximum absolute atomic E-state index is 10.6. The highest BCUT2D eigenvalue weighted by molar-refractivity contribution is 4.87. The SMILES string of the molecule is CCC(C)C(C)C1(O)CCCCCC1. The van der Waals surface area contributed by atoms with Crippen molar-refractivity contribution in [2.75, 3.05) is 0 Å². The summed E-state index contributed by atoms with van der Waals surface area (Å²) in [5.74, 6) is 1.11. The van der Waals surface area contributed by atoms with Gasteiger partial charge < -0.3 is 5.11 Å². The molecule has 0 amide bonds. The van der Waals surface area contributed by atoms with E-state index in [-0.39, 0.29) is 5.60 Å². The summed E-state index contributed by atoms with van der Waals surface area (Å²) in [5.41, 5.74) is -0.355. The van der Waals surface area contributed by atoms with Crippen LogP contribution in [-0.2, 0) is 0 Å². The predicted octanol–water partition coefficient (Wildman–Crippen LogP) is 3.75. The van der Waals surface area contributed by atoms with Gasteiger partial charge in [0.15, 0.2) is 0 Å². The van der Waals surface area contributed by atoms with Gasteiger partial charge in [0.25, 0.3) is 0 Å². The molecule has 0 spiro atoms. The van der Waals surface area contributed by atoms with Crippen molar-refractivity contribution in [3.05, 3.63) is 0 Å². The van der Waals surface area contributed by atoms with Crippen LogP contribution in [0, 0.1) is 11.8 Å². The quantitative estimate of drug-likeness (QED) is 0.685. The van der Waals surface area contributed by atoms with Crippen molar-refractivity contribution in [2.45, 2.75) is 71.3 Å². The molecule has 2 unspecified atom stereocenters. The lowest BCUT2D eigenvalue weighted by atomic mass is 9.75. The zero-order chi connectivity index (χ0) is 10.6. The molecule has 14 heavy (non-hydrogen) atoms. The minimum absolute atomic E-state index is 0.355. The van der Waals surface area contributed by atoms with Crippen LogP contribution in [0.1, 0.15) is 65.7 Å². The molecule has 0 radical (unpaired) electrons. The van der Waals surface area contributed by atoms with Crippen molar-refractivity contribution in [2.24, 2.45) is 11.8 Å². The highest BCUT2D eigenvalue weighted by atomic mass is 16.3. The first-order valence-corrected chi connectivity index (χ1v) is 6.32. The van der Waals surface area contributed by atoms with Crippen molar-refractivity contribution in [1.82, 2.24) is 0 Å². The summed E-state index contributed by atoms with van der Waals surface area (Å²) < 4.78 is 0. The molecular formula is C13H26O. The molecule has 0 heterocycles. The molecule has 1 saturated carbocycles. The lowest BCUT2D eigenvalue weighted by Crippen LogP contribution is -2.39. The van der Waals surface area contributed by atoms with Gasteiger partial charge in [0, 0.05) is 0 Å². The van der Waals surface area contributed by atoms with E-state index >= 15 is 0 Å². The second kappa shape index (κ2) is 5.16. The highest BCUT2D eigenvalue weighted by Crippen LogP contribution is 2.37.